The van der Waals surface area contributed by atoms with Crippen molar-refractivity contribution < 1.29 is 9.59 Å². The number of hydrogen-bond donors (Lipinski definition) is 1. The second-order valence-electron chi connectivity index (χ2n) is 6.99. The second kappa shape index (κ2) is 10.1. The number of nitrogens with zero attached hydrogens (tertiary/aromatic N) is 2. The third-order valence-electron chi connectivity index (χ3n) is 4.99. The van der Waals surface area contributed by atoms with Crippen LogP contribution < -0.4 is 5.73 Å². The van der Waals surface area contributed by atoms with Gasteiger partial charge in [-0.2, -0.15) is 0 Å². The van der Waals surface area contributed by atoms with E-state index in [1.165, 1.54) is 32.1 Å². The van der Waals surface area contributed by atoms with Gasteiger partial charge in [-0.15, -0.1) is 12.4 Å². The van der Waals surface area contributed by atoms with Gasteiger partial charge in [-0.1, -0.05) is 19.3 Å². The molecule has 0 radical (unpaired) electrons. The summed E-state index contributed by atoms with van der Waals surface area (Å²) in [5, 5.41) is 0. The molecule has 1 aliphatic heterocycles. The minimum atomic E-state index is 0. The van der Waals surface area contributed by atoms with Crippen LogP contribution in [0.4, 0.5) is 0 Å². The van der Waals surface area contributed by atoms with Crippen LogP contribution in [-0.4, -0.2) is 53.8 Å². The van der Waals surface area contributed by atoms with E-state index in [0.717, 1.165) is 6.42 Å². The first-order valence-corrected chi connectivity index (χ1v) is 8.87. The van der Waals surface area contributed by atoms with Crippen LogP contribution in [0.15, 0.2) is 0 Å². The van der Waals surface area contributed by atoms with Gasteiger partial charge in [0.1, 0.15) is 0 Å². The molecule has 0 aromatic rings. The third kappa shape index (κ3) is 6.68. The highest BCUT2D eigenvalue weighted by molar-refractivity contribution is 5.85. The van der Waals surface area contributed by atoms with E-state index >= 15 is 0 Å². The van der Waals surface area contributed by atoms with Gasteiger partial charge >= 0.3 is 0 Å². The van der Waals surface area contributed by atoms with E-state index in [4.69, 9.17) is 5.73 Å². The van der Waals surface area contributed by atoms with Crippen molar-refractivity contribution in [2.75, 3.05) is 26.2 Å². The van der Waals surface area contributed by atoms with Crippen LogP contribution in [0.3, 0.4) is 0 Å². The molecule has 0 aromatic carbocycles. The molecule has 0 spiro atoms. The summed E-state index contributed by atoms with van der Waals surface area (Å²) in [5.41, 5.74) is 5.70. The number of amides is 2. The summed E-state index contributed by atoms with van der Waals surface area (Å²) in [6, 6.07) is 0.0716. The number of carbonyl (C=O) groups excluding carboxylic acids is 2. The lowest BCUT2D eigenvalue weighted by molar-refractivity contribution is -0.140. The van der Waals surface area contributed by atoms with E-state index < -0.39 is 0 Å². The fourth-order valence-corrected chi connectivity index (χ4v) is 3.48. The van der Waals surface area contributed by atoms with Crippen molar-refractivity contribution in [1.82, 2.24) is 9.80 Å². The SMILES string of the molecule is CC(N)CCC(=O)N1CCN(C(=O)CC2CCCCC2)CC1.Cl. The molecule has 23 heavy (non-hydrogen) atoms. The fraction of sp³-hybridized carbons (Fsp3) is 0.882. The standard InChI is InChI=1S/C17H31N3O2.ClH/c1-14(18)7-8-16(21)19-9-11-20(12-10-19)17(22)13-15-5-3-2-4-6-15;/h14-15H,2-13,18H2,1H3;1H. The highest BCUT2D eigenvalue weighted by Gasteiger charge is 2.26. The van der Waals surface area contributed by atoms with Gasteiger partial charge in [-0.3, -0.25) is 9.59 Å². The molecule has 2 amide bonds. The Morgan fingerprint density at radius 3 is 2.04 bits per heavy atom. The number of nitrogens with two attached hydrogens (primary N) is 1. The summed E-state index contributed by atoms with van der Waals surface area (Å²) in [5.74, 6) is 1.05. The molecule has 1 heterocycles. The first-order chi connectivity index (χ1) is 10.6. The highest BCUT2D eigenvalue weighted by atomic mass is 35.5. The molecular weight excluding hydrogens is 314 g/mol. The maximum atomic E-state index is 12.4. The number of carbonyl (C=O) groups is 2. The average molecular weight is 346 g/mol. The monoisotopic (exact) mass is 345 g/mol. The molecule has 0 bridgehead atoms. The van der Waals surface area contributed by atoms with E-state index in [2.05, 4.69) is 0 Å². The van der Waals surface area contributed by atoms with Gasteiger partial charge in [-0.05, 0) is 32.1 Å². The smallest absolute Gasteiger partial charge is 0.222 e. The molecule has 5 nitrogen and oxygen atoms in total. The van der Waals surface area contributed by atoms with Gasteiger partial charge in [0.15, 0.2) is 0 Å². The molecule has 1 aliphatic carbocycles. The molecule has 0 aromatic heterocycles. The molecule has 1 saturated carbocycles. The summed E-state index contributed by atoms with van der Waals surface area (Å²) >= 11 is 0. The van der Waals surface area contributed by atoms with Gasteiger partial charge < -0.3 is 15.5 Å². The Hall–Kier alpha value is -0.810. The zero-order chi connectivity index (χ0) is 15.9. The minimum absolute atomic E-state index is 0. The molecule has 2 fully saturated rings. The maximum Gasteiger partial charge on any atom is 0.222 e. The van der Waals surface area contributed by atoms with Crippen molar-refractivity contribution >= 4 is 24.2 Å². The summed E-state index contributed by atoms with van der Waals surface area (Å²) in [4.78, 5) is 28.3. The van der Waals surface area contributed by atoms with Crippen molar-refractivity contribution in [2.45, 2.75) is 64.3 Å². The minimum Gasteiger partial charge on any atom is -0.339 e. The number of rotatable bonds is 5. The Morgan fingerprint density at radius 1 is 1.00 bits per heavy atom. The van der Waals surface area contributed by atoms with Crippen molar-refractivity contribution in [3.8, 4) is 0 Å². The molecule has 134 valence electrons. The normalized spacial score (nSPS) is 20.8. The number of piperazine rings is 1. The molecule has 1 atom stereocenters. The number of halogens is 1. The van der Waals surface area contributed by atoms with Crippen LogP contribution in [0.25, 0.3) is 0 Å². The van der Waals surface area contributed by atoms with Gasteiger partial charge in [0.2, 0.25) is 11.8 Å². The third-order valence-corrected chi connectivity index (χ3v) is 4.99. The molecule has 1 unspecified atom stereocenters. The highest BCUT2D eigenvalue weighted by Crippen LogP contribution is 2.27. The summed E-state index contributed by atoms with van der Waals surface area (Å²) in [7, 11) is 0. The van der Waals surface area contributed by atoms with Crippen LogP contribution in [-0.2, 0) is 9.59 Å². The first kappa shape index (κ1) is 20.2. The largest absolute Gasteiger partial charge is 0.339 e. The van der Waals surface area contributed by atoms with Gasteiger partial charge in [0.25, 0.3) is 0 Å². The lowest BCUT2D eigenvalue weighted by Crippen LogP contribution is -2.51. The van der Waals surface area contributed by atoms with E-state index in [-0.39, 0.29) is 30.3 Å². The summed E-state index contributed by atoms with van der Waals surface area (Å²) in [6.07, 6.45) is 8.27. The van der Waals surface area contributed by atoms with E-state index in [9.17, 15) is 9.59 Å². The lowest BCUT2D eigenvalue weighted by Gasteiger charge is -2.36. The molecule has 2 rings (SSSR count). The van der Waals surface area contributed by atoms with Crippen LogP contribution >= 0.6 is 12.4 Å². The quantitative estimate of drug-likeness (QED) is 0.830. The van der Waals surface area contributed by atoms with Crippen molar-refractivity contribution in [3.05, 3.63) is 0 Å². The zero-order valence-electron chi connectivity index (χ0n) is 14.3. The summed E-state index contributed by atoms with van der Waals surface area (Å²) < 4.78 is 0. The molecule has 1 saturated heterocycles. The Labute approximate surface area is 146 Å². The zero-order valence-corrected chi connectivity index (χ0v) is 15.2. The number of hydrogen-bond acceptors (Lipinski definition) is 3. The van der Waals surface area contributed by atoms with Crippen molar-refractivity contribution in [1.29, 1.82) is 0 Å². The Morgan fingerprint density at radius 2 is 1.52 bits per heavy atom. The van der Waals surface area contributed by atoms with Crippen LogP contribution in [0.2, 0.25) is 0 Å². The predicted octanol–water partition coefficient (Wildman–Crippen LogP) is 2.18. The average Bonchev–Trinajstić information content (AvgIpc) is 2.53. The van der Waals surface area contributed by atoms with Crippen LogP contribution in [0, 0.1) is 5.92 Å². The van der Waals surface area contributed by atoms with Gasteiger partial charge in [0.05, 0.1) is 0 Å². The van der Waals surface area contributed by atoms with Gasteiger partial charge in [-0.25, -0.2) is 0 Å². The Bertz CT molecular complexity index is 376. The fourth-order valence-electron chi connectivity index (χ4n) is 3.48. The van der Waals surface area contributed by atoms with Crippen molar-refractivity contribution in [2.24, 2.45) is 11.7 Å². The molecule has 6 heteroatoms. The van der Waals surface area contributed by atoms with Crippen LogP contribution in [0.1, 0.15) is 58.3 Å². The van der Waals surface area contributed by atoms with E-state index in [1.807, 2.05) is 16.7 Å². The maximum absolute atomic E-state index is 12.4. The Balaban J connectivity index is 0.00000264. The second-order valence-corrected chi connectivity index (χ2v) is 6.99. The predicted molar refractivity (Wildman–Crippen MR) is 94.5 cm³/mol. The van der Waals surface area contributed by atoms with Gasteiger partial charge in [0, 0.05) is 45.1 Å². The van der Waals surface area contributed by atoms with E-state index in [1.54, 1.807) is 0 Å². The molecule has 2 N–H and O–H groups in total. The molecular formula is C17H32ClN3O2. The first-order valence-electron chi connectivity index (χ1n) is 8.87. The van der Waals surface area contributed by atoms with Crippen molar-refractivity contribution in [3.63, 3.8) is 0 Å². The van der Waals surface area contributed by atoms with Crippen LogP contribution in [0.5, 0.6) is 0 Å². The Kier molecular flexibility index (Phi) is 8.92. The lowest BCUT2D eigenvalue weighted by atomic mass is 9.86. The molecule has 2 aliphatic rings. The van der Waals surface area contributed by atoms with E-state index in [0.29, 0.717) is 44.9 Å². The topological polar surface area (TPSA) is 66.6 Å². The summed E-state index contributed by atoms with van der Waals surface area (Å²) in [6.45, 7) is 4.66.